The second-order valence-electron chi connectivity index (χ2n) is 6.98. The van der Waals surface area contributed by atoms with Crippen molar-refractivity contribution in [2.45, 2.75) is 37.3 Å². The predicted octanol–water partition coefficient (Wildman–Crippen LogP) is 5.02. The average molecular weight is 436 g/mol. The maximum Gasteiger partial charge on any atom is 0.416 e. The maximum atomic E-state index is 13.0. The molecule has 0 aliphatic carbocycles. The molecule has 3 rings (SSSR count). The highest BCUT2D eigenvalue weighted by atomic mass is 32.2. The summed E-state index contributed by atoms with van der Waals surface area (Å²) in [5.41, 5.74) is 1.22. The van der Waals surface area contributed by atoms with Crippen molar-refractivity contribution in [3.8, 4) is 5.88 Å². The van der Waals surface area contributed by atoms with Gasteiger partial charge in [-0.3, -0.25) is 0 Å². The number of rotatable bonds is 8. The first-order valence-electron chi connectivity index (χ1n) is 9.41. The zero-order valence-corrected chi connectivity index (χ0v) is 17.5. The molecule has 8 heteroatoms. The number of fused-ring (bicyclic) bond motifs is 1. The number of nitrogens with zero attached hydrogens (tertiary/aromatic N) is 1. The van der Waals surface area contributed by atoms with Crippen LogP contribution in [0.15, 0.2) is 53.4 Å². The molecule has 160 valence electrons. The molecule has 2 N–H and O–H groups in total. The molecule has 1 atom stereocenters. The molecule has 1 aromatic heterocycles. The number of thioether (sulfide) groups is 1. The van der Waals surface area contributed by atoms with Crippen LogP contribution in [0.2, 0.25) is 0 Å². The molecule has 0 bridgehead atoms. The van der Waals surface area contributed by atoms with Crippen LogP contribution in [0, 0.1) is 0 Å². The van der Waals surface area contributed by atoms with Crippen molar-refractivity contribution in [1.82, 2.24) is 10.3 Å². The fourth-order valence-corrected chi connectivity index (χ4v) is 3.39. The lowest BCUT2D eigenvalue weighted by molar-refractivity contribution is -0.137. The van der Waals surface area contributed by atoms with Gasteiger partial charge >= 0.3 is 6.18 Å². The number of benzene rings is 2. The Morgan fingerprint density at radius 3 is 2.67 bits per heavy atom. The Morgan fingerprint density at radius 2 is 1.97 bits per heavy atom. The summed E-state index contributed by atoms with van der Waals surface area (Å²) in [5.74, 6) is 0.358. The number of halogens is 3. The monoisotopic (exact) mass is 436 g/mol. The highest BCUT2D eigenvalue weighted by Crippen LogP contribution is 2.30. The second-order valence-corrected chi connectivity index (χ2v) is 7.86. The lowest BCUT2D eigenvalue weighted by Crippen LogP contribution is -2.24. The van der Waals surface area contributed by atoms with E-state index in [-0.39, 0.29) is 6.61 Å². The molecule has 2 aromatic carbocycles. The van der Waals surface area contributed by atoms with Gasteiger partial charge in [-0.1, -0.05) is 18.2 Å². The average Bonchev–Trinajstić information content (AvgIpc) is 2.71. The number of aliphatic hydroxyl groups is 1. The standard InChI is InChI=1S/C22H23F3N2O2S/c1-14(28)11-26-12-17-9-16-6-7-19(30-2)10-20(16)27-21(17)29-13-15-4-3-5-18(8-15)22(23,24)25/h3-10,14,26,28H,11-13H2,1-2H3. The van der Waals surface area contributed by atoms with Crippen LogP contribution in [0.4, 0.5) is 13.2 Å². The third-order valence-corrected chi connectivity index (χ3v) is 5.17. The third kappa shape index (κ3) is 5.87. The minimum Gasteiger partial charge on any atom is -0.473 e. The van der Waals surface area contributed by atoms with E-state index in [1.165, 1.54) is 6.07 Å². The van der Waals surface area contributed by atoms with Crippen LogP contribution in [0.5, 0.6) is 5.88 Å². The van der Waals surface area contributed by atoms with E-state index in [1.807, 2.05) is 30.5 Å². The smallest absolute Gasteiger partial charge is 0.416 e. The van der Waals surface area contributed by atoms with Crippen molar-refractivity contribution in [2.75, 3.05) is 12.8 Å². The summed E-state index contributed by atoms with van der Waals surface area (Å²) < 4.78 is 44.7. The van der Waals surface area contributed by atoms with Crippen LogP contribution in [-0.2, 0) is 19.3 Å². The molecule has 0 amide bonds. The van der Waals surface area contributed by atoms with E-state index in [2.05, 4.69) is 10.3 Å². The Hall–Kier alpha value is -2.29. The first-order valence-corrected chi connectivity index (χ1v) is 10.6. The van der Waals surface area contributed by atoms with Crippen LogP contribution in [0.1, 0.15) is 23.6 Å². The van der Waals surface area contributed by atoms with Crippen LogP contribution >= 0.6 is 11.8 Å². The summed E-state index contributed by atoms with van der Waals surface area (Å²) in [5, 5.41) is 13.5. The Labute approximate surface area is 177 Å². The van der Waals surface area contributed by atoms with Gasteiger partial charge in [-0.05, 0) is 49.1 Å². The number of aromatic nitrogens is 1. The zero-order valence-electron chi connectivity index (χ0n) is 16.7. The molecule has 0 saturated heterocycles. The summed E-state index contributed by atoms with van der Waals surface area (Å²) in [6.07, 6.45) is -2.93. The lowest BCUT2D eigenvalue weighted by atomic mass is 10.1. The summed E-state index contributed by atoms with van der Waals surface area (Å²) in [6, 6.07) is 12.9. The first-order chi connectivity index (χ1) is 14.3. The minimum absolute atomic E-state index is 0.0337. The third-order valence-electron chi connectivity index (χ3n) is 4.45. The fraction of sp³-hybridized carbons (Fsp3) is 0.318. The zero-order chi connectivity index (χ0) is 21.7. The van der Waals surface area contributed by atoms with Gasteiger partial charge in [0.2, 0.25) is 5.88 Å². The first kappa shape index (κ1) is 22.4. The van der Waals surface area contributed by atoms with Gasteiger partial charge in [-0.25, -0.2) is 4.98 Å². The molecule has 1 heterocycles. The van der Waals surface area contributed by atoms with Gasteiger partial charge in [0.25, 0.3) is 0 Å². The molecular formula is C22H23F3N2O2S. The van der Waals surface area contributed by atoms with Crippen LogP contribution in [-0.4, -0.2) is 29.0 Å². The van der Waals surface area contributed by atoms with Crippen LogP contribution < -0.4 is 10.1 Å². The Bertz CT molecular complexity index is 1010. The maximum absolute atomic E-state index is 13.0. The molecule has 0 radical (unpaired) electrons. The van der Waals surface area contributed by atoms with Gasteiger partial charge < -0.3 is 15.2 Å². The van der Waals surface area contributed by atoms with Gasteiger partial charge in [0.1, 0.15) is 6.61 Å². The van der Waals surface area contributed by atoms with Crippen molar-refractivity contribution in [3.63, 3.8) is 0 Å². The quantitative estimate of drug-likeness (QED) is 0.486. The number of pyridine rings is 1. The van der Waals surface area contributed by atoms with Crippen molar-refractivity contribution >= 4 is 22.7 Å². The van der Waals surface area contributed by atoms with Crippen molar-refractivity contribution in [3.05, 3.63) is 65.2 Å². The molecule has 0 aliphatic heterocycles. The highest BCUT2D eigenvalue weighted by Gasteiger charge is 2.30. The predicted molar refractivity (Wildman–Crippen MR) is 113 cm³/mol. The van der Waals surface area contributed by atoms with Gasteiger partial charge in [-0.2, -0.15) is 13.2 Å². The van der Waals surface area contributed by atoms with E-state index < -0.39 is 17.8 Å². The Kier molecular flexibility index (Phi) is 7.23. The molecule has 0 fully saturated rings. The summed E-state index contributed by atoms with van der Waals surface area (Å²) in [6.45, 7) is 2.46. The van der Waals surface area contributed by atoms with Crippen molar-refractivity contribution in [2.24, 2.45) is 0 Å². The molecular weight excluding hydrogens is 413 g/mol. The number of ether oxygens (including phenoxy) is 1. The normalized spacial score (nSPS) is 12.9. The molecule has 0 spiro atoms. The van der Waals surface area contributed by atoms with E-state index in [4.69, 9.17) is 4.74 Å². The highest BCUT2D eigenvalue weighted by molar-refractivity contribution is 7.98. The number of hydrogen-bond acceptors (Lipinski definition) is 5. The van der Waals surface area contributed by atoms with Crippen LogP contribution in [0.3, 0.4) is 0 Å². The van der Waals surface area contributed by atoms with Crippen molar-refractivity contribution in [1.29, 1.82) is 0 Å². The SMILES string of the molecule is CSc1ccc2cc(CNCC(C)O)c(OCc3cccc(C(F)(F)F)c3)nc2c1. The number of alkyl halides is 3. The molecule has 3 aromatic rings. The topological polar surface area (TPSA) is 54.4 Å². The molecule has 0 aliphatic rings. The lowest BCUT2D eigenvalue weighted by Gasteiger charge is -2.14. The van der Waals surface area contributed by atoms with E-state index >= 15 is 0 Å². The summed E-state index contributed by atoms with van der Waals surface area (Å²) in [7, 11) is 0. The largest absolute Gasteiger partial charge is 0.473 e. The number of hydrogen-bond donors (Lipinski definition) is 2. The van der Waals surface area contributed by atoms with Crippen LogP contribution in [0.25, 0.3) is 10.9 Å². The Morgan fingerprint density at radius 1 is 1.17 bits per heavy atom. The molecule has 0 saturated carbocycles. The number of nitrogens with one attached hydrogen (secondary N) is 1. The van der Waals surface area contributed by atoms with E-state index in [0.717, 1.165) is 33.5 Å². The molecule has 30 heavy (non-hydrogen) atoms. The minimum atomic E-state index is -4.40. The summed E-state index contributed by atoms with van der Waals surface area (Å²) >= 11 is 1.60. The van der Waals surface area contributed by atoms with Gasteiger partial charge in [-0.15, -0.1) is 11.8 Å². The van der Waals surface area contributed by atoms with E-state index in [9.17, 15) is 18.3 Å². The second kappa shape index (κ2) is 9.68. The molecule has 1 unspecified atom stereocenters. The van der Waals surface area contributed by atoms with E-state index in [1.54, 1.807) is 24.8 Å². The van der Waals surface area contributed by atoms with Gasteiger partial charge in [0.15, 0.2) is 0 Å². The number of aliphatic hydroxyl groups excluding tert-OH is 1. The van der Waals surface area contributed by atoms with Crippen molar-refractivity contribution < 1.29 is 23.0 Å². The van der Waals surface area contributed by atoms with Gasteiger partial charge in [0, 0.05) is 28.9 Å². The fourth-order valence-electron chi connectivity index (χ4n) is 2.96. The van der Waals surface area contributed by atoms with Gasteiger partial charge in [0.05, 0.1) is 17.2 Å². The molecule has 4 nitrogen and oxygen atoms in total. The van der Waals surface area contributed by atoms with E-state index in [0.29, 0.717) is 24.5 Å². The summed E-state index contributed by atoms with van der Waals surface area (Å²) in [4.78, 5) is 5.66. The Balaban J connectivity index is 1.87.